The zero-order valence-corrected chi connectivity index (χ0v) is 18.9. The average molecular weight is 503 g/mol. The van der Waals surface area contributed by atoms with Crippen LogP contribution in [0.2, 0.25) is 0 Å². The minimum atomic E-state index is -1.17. The summed E-state index contributed by atoms with van der Waals surface area (Å²) in [5.74, 6) is -2.03. The van der Waals surface area contributed by atoms with Crippen LogP contribution >= 0.6 is 39.9 Å². The lowest BCUT2D eigenvalue weighted by Gasteiger charge is -2.17. The average Bonchev–Trinajstić information content (AvgIpc) is 3.10. The highest BCUT2D eigenvalue weighted by Crippen LogP contribution is 2.45. The van der Waals surface area contributed by atoms with E-state index in [1.807, 2.05) is 43.3 Å². The Hall–Kier alpha value is -2.49. The Morgan fingerprint density at radius 2 is 1.80 bits per heavy atom. The van der Waals surface area contributed by atoms with Crippen LogP contribution < -0.4 is 4.90 Å². The van der Waals surface area contributed by atoms with E-state index in [-0.39, 0.29) is 20.7 Å². The van der Waals surface area contributed by atoms with E-state index in [1.165, 1.54) is 0 Å². The fraction of sp³-hybridized carbons (Fsp3) is 0.143. The van der Waals surface area contributed by atoms with Gasteiger partial charge in [-0.15, -0.1) is 0 Å². The number of thioether (sulfide) groups is 1. The predicted octanol–water partition coefficient (Wildman–Crippen LogP) is 3.96. The summed E-state index contributed by atoms with van der Waals surface area (Å²) < 4.78 is 0.899. The summed E-state index contributed by atoms with van der Waals surface area (Å²) in [5.41, 5.74) is 3.66. The topological polar surface area (TPSA) is 77.9 Å². The largest absolute Gasteiger partial charge is 0.480 e. The molecule has 0 radical (unpaired) electrons. The first-order valence-corrected chi connectivity index (χ1v) is 10.9. The van der Waals surface area contributed by atoms with Crippen molar-refractivity contribution in [2.45, 2.75) is 13.5 Å². The number of carbonyl (C=O) groups is 3. The van der Waals surface area contributed by atoms with Crippen LogP contribution in [0, 0.1) is 6.92 Å². The molecule has 2 heterocycles. The zero-order valence-electron chi connectivity index (χ0n) is 15.7. The molecule has 2 aromatic rings. The SMILES string of the molecule is Cc1ccc(CN2C(=O)/C(=C3\SC(=S)N(CC(=O)O)C3=O)c3cc(Br)ccc32)cc1. The van der Waals surface area contributed by atoms with E-state index in [0.717, 1.165) is 32.3 Å². The summed E-state index contributed by atoms with van der Waals surface area (Å²) in [6, 6.07) is 13.4. The first-order valence-electron chi connectivity index (χ1n) is 8.93. The number of aryl methyl sites for hydroxylation is 1. The molecule has 0 saturated carbocycles. The number of fused-ring (bicyclic) bond motifs is 1. The van der Waals surface area contributed by atoms with Crippen LogP contribution in [0.4, 0.5) is 5.69 Å². The minimum absolute atomic E-state index is 0.131. The molecule has 0 aliphatic carbocycles. The van der Waals surface area contributed by atoms with E-state index in [4.69, 9.17) is 17.3 Å². The number of nitrogens with zero attached hydrogens (tertiary/aromatic N) is 2. The highest BCUT2D eigenvalue weighted by Gasteiger charge is 2.42. The molecule has 0 atom stereocenters. The molecule has 2 aliphatic rings. The van der Waals surface area contributed by atoms with E-state index < -0.39 is 18.4 Å². The lowest BCUT2D eigenvalue weighted by molar-refractivity contribution is -0.140. The van der Waals surface area contributed by atoms with Crippen molar-refractivity contribution in [3.63, 3.8) is 0 Å². The highest BCUT2D eigenvalue weighted by molar-refractivity contribution is 9.10. The van der Waals surface area contributed by atoms with Gasteiger partial charge in [-0.3, -0.25) is 19.3 Å². The quantitative estimate of drug-likeness (QED) is 0.503. The van der Waals surface area contributed by atoms with E-state index in [1.54, 1.807) is 11.0 Å². The number of anilines is 1. The molecule has 9 heteroatoms. The van der Waals surface area contributed by atoms with Gasteiger partial charge in [-0.05, 0) is 30.7 Å². The van der Waals surface area contributed by atoms with Gasteiger partial charge in [0, 0.05) is 10.0 Å². The van der Waals surface area contributed by atoms with Crippen molar-refractivity contribution in [2.24, 2.45) is 0 Å². The highest BCUT2D eigenvalue weighted by atomic mass is 79.9. The number of carboxylic acids is 1. The van der Waals surface area contributed by atoms with E-state index in [0.29, 0.717) is 17.8 Å². The minimum Gasteiger partial charge on any atom is -0.480 e. The monoisotopic (exact) mass is 502 g/mol. The summed E-state index contributed by atoms with van der Waals surface area (Å²) in [4.78, 5) is 40.2. The summed E-state index contributed by atoms with van der Waals surface area (Å²) in [6.07, 6.45) is 0. The Morgan fingerprint density at radius 3 is 2.47 bits per heavy atom. The number of amides is 2. The molecule has 0 unspecified atom stereocenters. The van der Waals surface area contributed by atoms with Crippen LogP contribution in [-0.2, 0) is 20.9 Å². The van der Waals surface area contributed by atoms with Crippen LogP contribution in [-0.4, -0.2) is 38.7 Å². The van der Waals surface area contributed by atoms with Crippen molar-refractivity contribution in [3.8, 4) is 0 Å². The Bertz CT molecular complexity index is 1140. The first kappa shape index (κ1) is 20.8. The van der Waals surface area contributed by atoms with Crippen LogP contribution in [0.25, 0.3) is 5.57 Å². The number of hydrogen-bond acceptors (Lipinski definition) is 5. The molecular weight excluding hydrogens is 488 g/mol. The predicted molar refractivity (Wildman–Crippen MR) is 123 cm³/mol. The normalized spacial score (nSPS) is 18.4. The molecule has 0 aromatic heterocycles. The second-order valence-electron chi connectivity index (χ2n) is 6.90. The Morgan fingerprint density at radius 1 is 1.10 bits per heavy atom. The molecule has 2 amide bonds. The number of benzene rings is 2. The molecule has 1 fully saturated rings. The number of rotatable bonds is 4. The van der Waals surface area contributed by atoms with Gasteiger partial charge >= 0.3 is 5.97 Å². The molecule has 1 saturated heterocycles. The number of hydrogen-bond donors (Lipinski definition) is 1. The van der Waals surface area contributed by atoms with Gasteiger partial charge in [-0.1, -0.05) is 69.7 Å². The van der Waals surface area contributed by atoms with Crippen LogP contribution in [0.3, 0.4) is 0 Å². The first-order chi connectivity index (χ1) is 14.3. The van der Waals surface area contributed by atoms with Crippen molar-refractivity contribution in [2.75, 3.05) is 11.4 Å². The number of carboxylic acid groups (broad SMARTS) is 1. The molecule has 4 rings (SSSR count). The molecule has 30 heavy (non-hydrogen) atoms. The maximum absolute atomic E-state index is 13.4. The number of carbonyl (C=O) groups excluding carboxylic acids is 2. The molecule has 0 bridgehead atoms. The van der Waals surface area contributed by atoms with Crippen LogP contribution in [0.15, 0.2) is 51.8 Å². The van der Waals surface area contributed by atoms with Gasteiger partial charge < -0.3 is 10.0 Å². The van der Waals surface area contributed by atoms with Crippen molar-refractivity contribution in [1.82, 2.24) is 4.90 Å². The van der Waals surface area contributed by atoms with Crippen molar-refractivity contribution < 1.29 is 19.5 Å². The van der Waals surface area contributed by atoms with Crippen molar-refractivity contribution in [1.29, 1.82) is 0 Å². The molecule has 152 valence electrons. The van der Waals surface area contributed by atoms with Gasteiger partial charge in [0.05, 0.1) is 22.7 Å². The fourth-order valence-electron chi connectivity index (χ4n) is 3.38. The second-order valence-corrected chi connectivity index (χ2v) is 9.46. The Balaban J connectivity index is 1.79. The molecule has 1 N–H and O–H groups in total. The maximum atomic E-state index is 13.4. The molecule has 2 aromatic carbocycles. The van der Waals surface area contributed by atoms with Gasteiger partial charge in [0.15, 0.2) is 0 Å². The molecule has 6 nitrogen and oxygen atoms in total. The second kappa shape index (κ2) is 7.98. The van der Waals surface area contributed by atoms with Crippen LogP contribution in [0.1, 0.15) is 16.7 Å². The summed E-state index contributed by atoms with van der Waals surface area (Å²) in [5, 5.41) is 9.07. The molecular formula is C21H15BrN2O4S2. The lowest BCUT2D eigenvalue weighted by Crippen LogP contribution is -2.33. The third-order valence-corrected chi connectivity index (χ3v) is 6.75. The summed E-state index contributed by atoms with van der Waals surface area (Å²) in [6.45, 7) is 1.82. The van der Waals surface area contributed by atoms with Gasteiger partial charge in [-0.2, -0.15) is 0 Å². The van der Waals surface area contributed by atoms with Crippen molar-refractivity contribution in [3.05, 3.63) is 68.5 Å². The number of thiocarbonyl (C=S) groups is 1. The van der Waals surface area contributed by atoms with Gasteiger partial charge in [0.1, 0.15) is 10.9 Å². The fourth-order valence-corrected chi connectivity index (χ4v) is 5.06. The lowest BCUT2D eigenvalue weighted by atomic mass is 10.1. The molecule has 0 spiro atoms. The van der Waals surface area contributed by atoms with E-state index >= 15 is 0 Å². The van der Waals surface area contributed by atoms with E-state index in [9.17, 15) is 14.4 Å². The third kappa shape index (κ3) is 3.68. The Labute approximate surface area is 190 Å². The van der Waals surface area contributed by atoms with Gasteiger partial charge in [0.2, 0.25) is 0 Å². The number of aliphatic carboxylic acids is 1. The van der Waals surface area contributed by atoms with Gasteiger partial charge in [0.25, 0.3) is 11.8 Å². The number of halogens is 1. The van der Waals surface area contributed by atoms with Crippen LogP contribution in [0.5, 0.6) is 0 Å². The van der Waals surface area contributed by atoms with E-state index in [2.05, 4.69) is 15.9 Å². The van der Waals surface area contributed by atoms with Crippen molar-refractivity contribution >= 4 is 73.3 Å². The molecule has 2 aliphatic heterocycles. The smallest absolute Gasteiger partial charge is 0.323 e. The van der Waals surface area contributed by atoms with Gasteiger partial charge in [-0.25, -0.2) is 0 Å². The standard InChI is InChI=1S/C21H15BrN2O4S2/c1-11-2-4-12(5-3-11)9-23-15-7-6-13(22)8-14(15)17(19(23)27)18-20(28)24(10-16(25)26)21(29)30-18/h2-8H,9-10H2,1H3,(H,25,26)/b18-17-. The third-order valence-electron chi connectivity index (χ3n) is 4.81. The Kier molecular flexibility index (Phi) is 5.52. The summed E-state index contributed by atoms with van der Waals surface area (Å²) in [7, 11) is 0. The zero-order chi connectivity index (χ0) is 21.6. The maximum Gasteiger partial charge on any atom is 0.323 e. The summed E-state index contributed by atoms with van der Waals surface area (Å²) >= 11 is 9.59.